The Balaban J connectivity index is 1.51. The van der Waals surface area contributed by atoms with Crippen LogP contribution in [0.2, 0.25) is 0 Å². The van der Waals surface area contributed by atoms with Crippen LogP contribution < -0.4 is 10.2 Å². The summed E-state index contributed by atoms with van der Waals surface area (Å²) in [6, 6.07) is 3.96. The minimum Gasteiger partial charge on any atom is -0.341 e. The molecule has 0 aliphatic carbocycles. The molecule has 5 heterocycles. The van der Waals surface area contributed by atoms with Crippen molar-refractivity contribution in [2.75, 3.05) is 23.3 Å². The fourth-order valence-electron chi connectivity index (χ4n) is 4.57. The minimum atomic E-state index is 0.314. The summed E-state index contributed by atoms with van der Waals surface area (Å²) in [7, 11) is 1.89. The number of fused-ring (bicyclic) bond motifs is 1. The fraction of sp³-hybridized carbons (Fsp3) is 0.440. The van der Waals surface area contributed by atoms with Crippen molar-refractivity contribution in [3.8, 4) is 11.4 Å². The van der Waals surface area contributed by atoms with Gasteiger partial charge in [-0.1, -0.05) is 26.0 Å². The molecule has 9 heteroatoms. The molecule has 1 aliphatic heterocycles. The summed E-state index contributed by atoms with van der Waals surface area (Å²) in [5.74, 6) is 3.21. The Morgan fingerprint density at radius 3 is 2.65 bits per heavy atom. The van der Waals surface area contributed by atoms with Crippen LogP contribution >= 0.6 is 0 Å². The molecule has 176 valence electrons. The average Bonchev–Trinajstić information content (AvgIpc) is 3.16. The molecule has 0 radical (unpaired) electrons. The number of nitrogens with one attached hydrogen (secondary N) is 1. The highest BCUT2D eigenvalue weighted by Gasteiger charge is 2.20. The number of piperidine rings is 1. The Morgan fingerprint density at radius 2 is 1.91 bits per heavy atom. The van der Waals surface area contributed by atoms with Gasteiger partial charge in [-0.3, -0.25) is 9.67 Å². The molecular weight excluding hydrogens is 426 g/mol. The molecule has 4 aromatic heterocycles. The molecule has 1 fully saturated rings. The Labute approximate surface area is 199 Å². The molecule has 34 heavy (non-hydrogen) atoms. The van der Waals surface area contributed by atoms with Gasteiger partial charge in [-0.25, -0.2) is 9.97 Å². The van der Waals surface area contributed by atoms with Crippen molar-refractivity contribution in [2.24, 2.45) is 13.0 Å². The van der Waals surface area contributed by atoms with E-state index in [1.54, 1.807) is 4.68 Å². The van der Waals surface area contributed by atoms with Crippen molar-refractivity contribution in [1.29, 1.82) is 0 Å². The average molecular weight is 458 g/mol. The molecule has 1 N–H and O–H groups in total. The molecule has 9 nitrogen and oxygen atoms in total. The zero-order chi connectivity index (χ0) is 23.8. The molecule has 0 amide bonds. The highest BCUT2D eigenvalue weighted by atomic mass is 15.4. The van der Waals surface area contributed by atoms with E-state index in [0.717, 1.165) is 64.1 Å². The van der Waals surface area contributed by atoms with Crippen LogP contribution in [0.3, 0.4) is 0 Å². The molecular formula is C25H31N9. The number of anilines is 3. The summed E-state index contributed by atoms with van der Waals surface area (Å²) in [5.41, 5.74) is 3.71. The van der Waals surface area contributed by atoms with E-state index in [-0.39, 0.29) is 0 Å². The summed E-state index contributed by atoms with van der Waals surface area (Å²) in [6.07, 6.45) is 8.06. The first-order valence-electron chi connectivity index (χ1n) is 11.9. The van der Waals surface area contributed by atoms with E-state index < -0.39 is 0 Å². The summed E-state index contributed by atoms with van der Waals surface area (Å²) >= 11 is 0. The number of pyridine rings is 2. The van der Waals surface area contributed by atoms with Crippen LogP contribution in [0.15, 0.2) is 30.7 Å². The first-order valence-corrected chi connectivity index (χ1v) is 11.9. The second-order valence-electron chi connectivity index (χ2n) is 9.54. The van der Waals surface area contributed by atoms with E-state index in [9.17, 15) is 0 Å². The van der Waals surface area contributed by atoms with Crippen LogP contribution in [0, 0.1) is 12.8 Å². The van der Waals surface area contributed by atoms with Crippen molar-refractivity contribution in [3.63, 3.8) is 0 Å². The lowest BCUT2D eigenvalue weighted by Crippen LogP contribution is -2.35. The number of aromatic nitrogens is 7. The van der Waals surface area contributed by atoms with Gasteiger partial charge in [-0.2, -0.15) is 4.98 Å². The van der Waals surface area contributed by atoms with Gasteiger partial charge in [-0.15, -0.1) is 5.10 Å². The Morgan fingerprint density at radius 1 is 1.06 bits per heavy atom. The lowest BCUT2D eigenvalue weighted by molar-refractivity contribution is 0.442. The molecule has 0 aromatic carbocycles. The van der Waals surface area contributed by atoms with Crippen molar-refractivity contribution in [3.05, 3.63) is 42.0 Å². The predicted octanol–water partition coefficient (Wildman–Crippen LogP) is 4.63. The molecule has 0 bridgehead atoms. The fourth-order valence-corrected chi connectivity index (χ4v) is 4.57. The van der Waals surface area contributed by atoms with Crippen molar-refractivity contribution >= 4 is 28.4 Å². The minimum absolute atomic E-state index is 0.314. The predicted molar refractivity (Wildman–Crippen MR) is 134 cm³/mol. The van der Waals surface area contributed by atoms with Gasteiger partial charge in [0.1, 0.15) is 23.0 Å². The third-order valence-corrected chi connectivity index (χ3v) is 6.59. The molecule has 0 saturated carbocycles. The monoisotopic (exact) mass is 457 g/mol. The van der Waals surface area contributed by atoms with Crippen LogP contribution in [0.25, 0.3) is 22.2 Å². The Hall–Kier alpha value is -3.62. The maximum atomic E-state index is 4.77. The lowest BCUT2D eigenvalue weighted by atomic mass is 9.97. The number of nitrogens with zero attached hydrogens (tertiary/aromatic N) is 8. The summed E-state index contributed by atoms with van der Waals surface area (Å²) < 4.78 is 1.76. The number of aryl methyl sites for hydroxylation is 1. The highest BCUT2D eigenvalue weighted by molar-refractivity contribution is 5.97. The number of hydrogen-bond acceptors (Lipinski definition) is 8. The van der Waals surface area contributed by atoms with E-state index in [1.807, 2.05) is 38.6 Å². The standard InChI is InChI=1S/C25H31N9/c1-15(2)19-12-28-24(23-17(4)33(5)32-31-23)20-13-27-22(11-18(19)20)29-21-8-9-26-25(30-21)34-10-6-7-16(3)14-34/h8-9,11-13,15-16H,6-7,10,14H2,1-5H3,(H,26,27,29,30). The highest BCUT2D eigenvalue weighted by Crippen LogP contribution is 2.33. The zero-order valence-corrected chi connectivity index (χ0v) is 20.4. The molecule has 5 rings (SSSR count). The second-order valence-corrected chi connectivity index (χ2v) is 9.54. The summed E-state index contributed by atoms with van der Waals surface area (Å²) in [5, 5.41) is 14.0. The second kappa shape index (κ2) is 8.96. The molecule has 1 aliphatic rings. The molecule has 4 aromatic rings. The van der Waals surface area contributed by atoms with Crippen LogP contribution in [-0.4, -0.2) is 48.0 Å². The Bertz CT molecular complexity index is 1330. The zero-order valence-electron chi connectivity index (χ0n) is 20.4. The van der Waals surface area contributed by atoms with Crippen LogP contribution in [-0.2, 0) is 7.05 Å². The number of rotatable bonds is 5. The van der Waals surface area contributed by atoms with Crippen LogP contribution in [0.5, 0.6) is 0 Å². The third-order valence-electron chi connectivity index (χ3n) is 6.59. The van der Waals surface area contributed by atoms with Crippen LogP contribution in [0.4, 0.5) is 17.6 Å². The largest absolute Gasteiger partial charge is 0.341 e. The maximum Gasteiger partial charge on any atom is 0.227 e. The molecule has 0 spiro atoms. The van der Waals surface area contributed by atoms with Crippen LogP contribution in [0.1, 0.15) is 50.8 Å². The van der Waals surface area contributed by atoms with Gasteiger partial charge in [0.15, 0.2) is 0 Å². The summed E-state index contributed by atoms with van der Waals surface area (Å²) in [4.78, 5) is 21.0. The maximum absolute atomic E-state index is 4.77. The van der Waals surface area contributed by atoms with Gasteiger partial charge in [0.2, 0.25) is 5.95 Å². The quantitative estimate of drug-likeness (QED) is 0.463. The van der Waals surface area contributed by atoms with E-state index in [1.165, 1.54) is 12.8 Å². The first kappa shape index (κ1) is 22.2. The SMILES string of the molecule is Cc1c(-c2ncc(C(C)C)c3cc(Nc4ccnc(N5CCCC(C)C5)n4)ncc23)nnn1C. The molecule has 1 saturated heterocycles. The van der Waals surface area contributed by atoms with E-state index in [2.05, 4.69) is 52.4 Å². The Kier molecular flexibility index (Phi) is 5.85. The van der Waals surface area contributed by atoms with Crippen molar-refractivity contribution in [1.82, 2.24) is 34.9 Å². The normalized spacial score (nSPS) is 16.4. The molecule has 1 unspecified atom stereocenters. The van der Waals surface area contributed by atoms with E-state index >= 15 is 0 Å². The van der Waals surface area contributed by atoms with E-state index in [0.29, 0.717) is 11.8 Å². The summed E-state index contributed by atoms with van der Waals surface area (Å²) in [6.45, 7) is 10.6. The van der Waals surface area contributed by atoms with Gasteiger partial charge >= 0.3 is 0 Å². The lowest BCUT2D eigenvalue weighted by Gasteiger charge is -2.30. The van der Waals surface area contributed by atoms with Gasteiger partial charge in [0.05, 0.1) is 5.69 Å². The van der Waals surface area contributed by atoms with Crippen molar-refractivity contribution < 1.29 is 0 Å². The van der Waals surface area contributed by atoms with Gasteiger partial charge in [0, 0.05) is 44.1 Å². The topological polar surface area (TPSA) is 97.5 Å². The van der Waals surface area contributed by atoms with Gasteiger partial charge in [0.25, 0.3) is 0 Å². The van der Waals surface area contributed by atoms with Crippen molar-refractivity contribution in [2.45, 2.75) is 46.5 Å². The van der Waals surface area contributed by atoms with Gasteiger partial charge in [-0.05, 0) is 54.7 Å². The smallest absolute Gasteiger partial charge is 0.227 e. The van der Waals surface area contributed by atoms with Gasteiger partial charge < -0.3 is 10.2 Å². The first-order chi connectivity index (χ1) is 16.4. The molecule has 1 atom stereocenters. The third kappa shape index (κ3) is 4.18. The number of hydrogen-bond donors (Lipinski definition) is 1. The van der Waals surface area contributed by atoms with E-state index in [4.69, 9.17) is 15.0 Å².